The summed E-state index contributed by atoms with van der Waals surface area (Å²) in [5, 5.41) is 0.651. The van der Waals surface area contributed by atoms with E-state index < -0.39 is 0 Å². The van der Waals surface area contributed by atoms with Gasteiger partial charge in [0.1, 0.15) is 0 Å². The van der Waals surface area contributed by atoms with Gasteiger partial charge in [-0.1, -0.05) is 11.6 Å². The molecule has 0 amide bonds. The zero-order chi connectivity index (χ0) is 11.0. The summed E-state index contributed by atoms with van der Waals surface area (Å²) >= 11 is 6.06. The molecule has 0 spiro atoms. The first-order valence-electron chi connectivity index (χ1n) is 4.88. The normalized spacial score (nSPS) is 10.8. The van der Waals surface area contributed by atoms with Crippen molar-refractivity contribution in [1.29, 1.82) is 0 Å². The molecule has 0 radical (unpaired) electrons. The third kappa shape index (κ3) is 1.37. The lowest BCUT2D eigenvalue weighted by molar-refractivity contribution is 1.18. The molecule has 0 bridgehead atoms. The first-order chi connectivity index (χ1) is 7.86. The molecule has 4 heteroatoms. The standard InChI is InChI=1S/C12H8ClN3/c13-10-4-2-6-16-11(8-15-12(10)16)9-3-1-5-14-7-9/h1-8H. The predicted octanol–water partition coefficient (Wildman–Crippen LogP) is 3.05. The Morgan fingerprint density at radius 2 is 2.06 bits per heavy atom. The van der Waals surface area contributed by atoms with Crippen LogP contribution in [0.4, 0.5) is 0 Å². The zero-order valence-corrected chi connectivity index (χ0v) is 9.09. The van der Waals surface area contributed by atoms with Gasteiger partial charge < -0.3 is 0 Å². The summed E-state index contributed by atoms with van der Waals surface area (Å²) in [4.78, 5) is 8.39. The molecule has 0 unspecified atom stereocenters. The minimum absolute atomic E-state index is 0.651. The lowest BCUT2D eigenvalue weighted by Crippen LogP contribution is -1.88. The van der Waals surface area contributed by atoms with Gasteiger partial charge in [0.25, 0.3) is 0 Å². The highest BCUT2D eigenvalue weighted by molar-refractivity contribution is 6.33. The average molecular weight is 230 g/mol. The predicted molar refractivity (Wildman–Crippen MR) is 63.4 cm³/mol. The van der Waals surface area contributed by atoms with Crippen LogP contribution >= 0.6 is 11.6 Å². The number of nitrogens with zero attached hydrogens (tertiary/aromatic N) is 3. The maximum Gasteiger partial charge on any atom is 0.156 e. The van der Waals surface area contributed by atoms with Gasteiger partial charge in [0, 0.05) is 24.2 Å². The van der Waals surface area contributed by atoms with Gasteiger partial charge >= 0.3 is 0 Å². The topological polar surface area (TPSA) is 30.2 Å². The van der Waals surface area contributed by atoms with Crippen LogP contribution in [0.2, 0.25) is 5.02 Å². The van der Waals surface area contributed by atoms with Gasteiger partial charge in [-0.05, 0) is 24.3 Å². The number of rotatable bonds is 1. The van der Waals surface area contributed by atoms with Crippen molar-refractivity contribution in [2.75, 3.05) is 0 Å². The third-order valence-corrected chi connectivity index (χ3v) is 2.74. The number of imidazole rings is 1. The molecular weight excluding hydrogens is 222 g/mol. The largest absolute Gasteiger partial charge is 0.298 e. The molecule has 0 aliphatic rings. The van der Waals surface area contributed by atoms with Crippen molar-refractivity contribution in [2.24, 2.45) is 0 Å². The van der Waals surface area contributed by atoms with E-state index in [-0.39, 0.29) is 0 Å². The van der Waals surface area contributed by atoms with Crippen LogP contribution in [-0.2, 0) is 0 Å². The monoisotopic (exact) mass is 229 g/mol. The van der Waals surface area contributed by atoms with Crippen molar-refractivity contribution in [2.45, 2.75) is 0 Å². The van der Waals surface area contributed by atoms with Crippen LogP contribution in [-0.4, -0.2) is 14.4 Å². The Labute approximate surface area is 97.3 Å². The maximum atomic E-state index is 6.06. The summed E-state index contributed by atoms with van der Waals surface area (Å²) in [5.74, 6) is 0. The summed E-state index contributed by atoms with van der Waals surface area (Å²) in [7, 11) is 0. The molecule has 3 nitrogen and oxygen atoms in total. The van der Waals surface area contributed by atoms with E-state index in [0.717, 1.165) is 16.9 Å². The summed E-state index contributed by atoms with van der Waals surface area (Å²) in [5.41, 5.74) is 2.78. The SMILES string of the molecule is Clc1cccn2c(-c3cccnc3)cnc12. The van der Waals surface area contributed by atoms with Crippen LogP contribution < -0.4 is 0 Å². The molecule has 3 aromatic rings. The zero-order valence-electron chi connectivity index (χ0n) is 8.34. The van der Waals surface area contributed by atoms with Crippen LogP contribution in [0, 0.1) is 0 Å². The van der Waals surface area contributed by atoms with Crippen LogP contribution in [0.25, 0.3) is 16.9 Å². The molecule has 0 aromatic carbocycles. The number of hydrogen-bond acceptors (Lipinski definition) is 2. The molecule has 3 rings (SSSR count). The molecule has 0 fully saturated rings. The van der Waals surface area contributed by atoms with Crippen LogP contribution in [0.1, 0.15) is 0 Å². The summed E-state index contributed by atoms with van der Waals surface area (Å²) < 4.78 is 1.96. The van der Waals surface area contributed by atoms with E-state index in [1.54, 1.807) is 12.4 Å². The molecule has 78 valence electrons. The van der Waals surface area contributed by atoms with E-state index in [9.17, 15) is 0 Å². The molecule has 16 heavy (non-hydrogen) atoms. The van der Waals surface area contributed by atoms with Gasteiger partial charge in [-0.2, -0.15) is 0 Å². The highest BCUT2D eigenvalue weighted by atomic mass is 35.5. The molecule has 0 saturated carbocycles. The van der Waals surface area contributed by atoms with Crippen molar-refractivity contribution >= 4 is 17.2 Å². The fourth-order valence-electron chi connectivity index (χ4n) is 1.70. The van der Waals surface area contributed by atoms with Crippen LogP contribution in [0.15, 0.2) is 49.1 Å². The second-order valence-electron chi connectivity index (χ2n) is 3.43. The van der Waals surface area contributed by atoms with E-state index in [1.807, 2.05) is 41.1 Å². The highest BCUT2D eigenvalue weighted by Gasteiger charge is 2.07. The molecule has 3 aromatic heterocycles. The van der Waals surface area contributed by atoms with Gasteiger partial charge in [-0.3, -0.25) is 9.38 Å². The van der Waals surface area contributed by atoms with Crippen LogP contribution in [0.5, 0.6) is 0 Å². The van der Waals surface area contributed by atoms with E-state index in [1.165, 1.54) is 0 Å². The van der Waals surface area contributed by atoms with Crippen molar-refractivity contribution < 1.29 is 0 Å². The average Bonchev–Trinajstić information content (AvgIpc) is 2.75. The maximum absolute atomic E-state index is 6.06. The smallest absolute Gasteiger partial charge is 0.156 e. The quantitative estimate of drug-likeness (QED) is 0.642. The summed E-state index contributed by atoms with van der Waals surface area (Å²) in [6, 6.07) is 7.63. The summed E-state index contributed by atoms with van der Waals surface area (Å²) in [6.45, 7) is 0. The lowest BCUT2D eigenvalue weighted by Gasteiger charge is -2.01. The van der Waals surface area contributed by atoms with Gasteiger partial charge in [-0.15, -0.1) is 0 Å². The Hall–Kier alpha value is -1.87. The summed E-state index contributed by atoms with van der Waals surface area (Å²) in [6.07, 6.45) is 7.30. The molecule has 0 aliphatic carbocycles. The number of fused-ring (bicyclic) bond motifs is 1. The molecule has 0 N–H and O–H groups in total. The van der Waals surface area contributed by atoms with Crippen molar-refractivity contribution in [1.82, 2.24) is 14.4 Å². The number of hydrogen-bond donors (Lipinski definition) is 0. The molecule has 3 heterocycles. The van der Waals surface area contributed by atoms with Crippen LogP contribution in [0.3, 0.4) is 0 Å². The number of pyridine rings is 2. The Kier molecular flexibility index (Phi) is 2.11. The third-order valence-electron chi connectivity index (χ3n) is 2.45. The second kappa shape index (κ2) is 3.61. The first-order valence-corrected chi connectivity index (χ1v) is 5.26. The Morgan fingerprint density at radius 3 is 2.88 bits per heavy atom. The second-order valence-corrected chi connectivity index (χ2v) is 3.84. The van der Waals surface area contributed by atoms with Gasteiger partial charge in [0.15, 0.2) is 5.65 Å². The van der Waals surface area contributed by atoms with E-state index >= 15 is 0 Å². The number of aromatic nitrogens is 3. The molecular formula is C12H8ClN3. The number of halogens is 1. The Balaban J connectivity index is 2.30. The van der Waals surface area contributed by atoms with Gasteiger partial charge in [0.05, 0.1) is 16.9 Å². The lowest BCUT2D eigenvalue weighted by atomic mass is 10.2. The van der Waals surface area contributed by atoms with Crippen molar-refractivity contribution in [3.8, 4) is 11.3 Å². The van der Waals surface area contributed by atoms with Crippen molar-refractivity contribution in [3.63, 3.8) is 0 Å². The molecule has 0 saturated heterocycles. The Morgan fingerprint density at radius 1 is 1.12 bits per heavy atom. The van der Waals surface area contributed by atoms with E-state index in [2.05, 4.69) is 9.97 Å². The fourth-order valence-corrected chi connectivity index (χ4v) is 1.92. The minimum Gasteiger partial charge on any atom is -0.298 e. The van der Waals surface area contributed by atoms with E-state index in [0.29, 0.717) is 5.02 Å². The minimum atomic E-state index is 0.651. The fraction of sp³-hybridized carbons (Fsp3) is 0. The van der Waals surface area contributed by atoms with Crippen molar-refractivity contribution in [3.05, 3.63) is 54.1 Å². The molecule has 0 atom stereocenters. The first kappa shape index (κ1) is 9.36. The van der Waals surface area contributed by atoms with Gasteiger partial charge in [-0.25, -0.2) is 4.98 Å². The van der Waals surface area contributed by atoms with E-state index in [4.69, 9.17) is 11.6 Å². The Bertz CT molecular complexity index is 631. The highest BCUT2D eigenvalue weighted by Crippen LogP contribution is 2.23. The molecule has 0 aliphatic heterocycles. The van der Waals surface area contributed by atoms with Gasteiger partial charge in [0.2, 0.25) is 0 Å².